The predicted octanol–water partition coefficient (Wildman–Crippen LogP) is 3.91. The maximum atomic E-state index is 13.2. The summed E-state index contributed by atoms with van der Waals surface area (Å²) < 4.78 is 35.1. The zero-order valence-electron chi connectivity index (χ0n) is 22.6. The van der Waals surface area contributed by atoms with Crippen molar-refractivity contribution in [2.45, 2.75) is 38.9 Å². The Labute approximate surface area is 234 Å². The van der Waals surface area contributed by atoms with E-state index in [4.69, 9.17) is 20.7 Å². The van der Waals surface area contributed by atoms with E-state index in [1.807, 2.05) is 72.5 Å². The van der Waals surface area contributed by atoms with Gasteiger partial charge in [-0.1, -0.05) is 48.0 Å². The van der Waals surface area contributed by atoms with Crippen molar-refractivity contribution < 1.29 is 27.9 Å². The van der Waals surface area contributed by atoms with Crippen LogP contribution in [0, 0.1) is 6.92 Å². The van der Waals surface area contributed by atoms with Crippen molar-refractivity contribution in [2.24, 2.45) is 5.73 Å². The first-order valence-electron chi connectivity index (χ1n) is 13.0. The summed E-state index contributed by atoms with van der Waals surface area (Å²) in [5.41, 5.74) is 9.05. The molecule has 0 unspecified atom stereocenters. The number of amides is 1. The van der Waals surface area contributed by atoms with Crippen molar-refractivity contribution in [2.75, 3.05) is 19.6 Å². The molecule has 41 heavy (non-hydrogen) atoms. The lowest BCUT2D eigenvalue weighted by molar-refractivity contribution is -0.192. The highest BCUT2D eigenvalue weighted by Gasteiger charge is 2.38. The average Bonchev–Trinajstić information content (AvgIpc) is 3.42. The molecule has 12 heteroatoms. The van der Waals surface area contributed by atoms with Crippen LogP contribution in [0.3, 0.4) is 0 Å². The van der Waals surface area contributed by atoms with Crippen LogP contribution >= 0.6 is 0 Å². The molecule has 2 aromatic heterocycles. The molecule has 0 saturated carbocycles. The van der Waals surface area contributed by atoms with Gasteiger partial charge in [-0.3, -0.25) is 14.2 Å². The number of nitrogens with two attached hydrogens (primary N) is 1. The number of alkyl halides is 3. The molecule has 0 radical (unpaired) electrons. The number of aryl methyl sites for hydroxylation is 2. The van der Waals surface area contributed by atoms with Crippen molar-refractivity contribution in [1.29, 1.82) is 0 Å². The summed E-state index contributed by atoms with van der Waals surface area (Å²) in [4.78, 5) is 37.1. The molecule has 0 fully saturated rings. The number of carboxylic acid groups (broad SMARTS) is 1. The molecule has 0 aliphatic rings. The lowest BCUT2D eigenvalue weighted by Crippen LogP contribution is -2.34. The first-order valence-corrected chi connectivity index (χ1v) is 13.0. The molecule has 0 aliphatic heterocycles. The Morgan fingerprint density at radius 3 is 2.22 bits per heavy atom. The van der Waals surface area contributed by atoms with Gasteiger partial charge in [0.25, 0.3) is 11.5 Å². The second-order valence-corrected chi connectivity index (χ2v) is 9.34. The molecule has 0 aliphatic carbocycles. The molecule has 3 N–H and O–H groups in total. The summed E-state index contributed by atoms with van der Waals surface area (Å²) in [7, 11) is 0. The van der Waals surface area contributed by atoms with E-state index in [0.717, 1.165) is 17.5 Å². The number of nitrogens with zero attached hydrogens (tertiary/aromatic N) is 4. The molecule has 0 bridgehead atoms. The molecule has 2 heterocycles. The van der Waals surface area contributed by atoms with E-state index >= 15 is 0 Å². The van der Waals surface area contributed by atoms with Crippen molar-refractivity contribution in [3.63, 3.8) is 0 Å². The van der Waals surface area contributed by atoms with Crippen LogP contribution in [-0.4, -0.2) is 61.9 Å². The average molecular weight is 572 g/mol. The molecule has 0 spiro atoms. The Hall–Kier alpha value is -4.45. The second-order valence-electron chi connectivity index (χ2n) is 9.34. The van der Waals surface area contributed by atoms with Gasteiger partial charge >= 0.3 is 12.1 Å². The zero-order chi connectivity index (χ0) is 30.0. The van der Waals surface area contributed by atoms with Crippen LogP contribution in [0.25, 0.3) is 5.52 Å². The largest absolute Gasteiger partial charge is 0.490 e. The van der Waals surface area contributed by atoms with E-state index in [-0.39, 0.29) is 11.5 Å². The Bertz CT molecular complexity index is 1500. The van der Waals surface area contributed by atoms with Crippen molar-refractivity contribution in [1.82, 2.24) is 19.1 Å². The fourth-order valence-electron chi connectivity index (χ4n) is 4.08. The highest BCUT2D eigenvalue weighted by Crippen LogP contribution is 2.13. The van der Waals surface area contributed by atoms with Crippen molar-refractivity contribution in [3.8, 4) is 0 Å². The number of aromatic nitrogens is 3. The molecule has 2 aromatic carbocycles. The maximum absolute atomic E-state index is 13.2. The first-order chi connectivity index (χ1) is 19.5. The lowest BCUT2D eigenvalue weighted by Gasteiger charge is -2.23. The maximum Gasteiger partial charge on any atom is 0.490 e. The van der Waals surface area contributed by atoms with Crippen LogP contribution < -0.4 is 11.3 Å². The minimum atomic E-state index is -5.08. The highest BCUT2D eigenvalue weighted by atomic mass is 19.4. The van der Waals surface area contributed by atoms with Gasteiger partial charge in [0.1, 0.15) is 11.3 Å². The number of hydrogen-bond acceptors (Lipinski definition) is 5. The minimum absolute atomic E-state index is 0.00365. The van der Waals surface area contributed by atoms with Gasteiger partial charge in [0.2, 0.25) is 0 Å². The fraction of sp³-hybridized carbons (Fsp3) is 0.310. The number of rotatable bonds is 10. The number of halogens is 3. The number of carbonyl (C=O) groups is 2. The van der Waals surface area contributed by atoms with Crippen LogP contribution in [0.5, 0.6) is 0 Å². The van der Waals surface area contributed by atoms with Crippen LogP contribution in [0.2, 0.25) is 0 Å². The van der Waals surface area contributed by atoms with Gasteiger partial charge in [-0.25, -0.2) is 9.31 Å². The summed E-state index contributed by atoms with van der Waals surface area (Å²) >= 11 is 0. The molecule has 4 rings (SSSR count). The molecule has 0 atom stereocenters. The standard InChI is InChI=1S/C27H31N5O2.C2HF3O2/c1-21-12-14-23(15-13-21)26(33)30(18-7-16-28)17-6-11-25-29-32-19-5-10-24(32)27(34)31(25)20-22-8-3-2-4-9-22;3-2(4,5)1(6)7/h2-5,8-10,12-15,19H,6-7,11,16-18,20,28H2,1H3;(H,6,7). The van der Waals surface area contributed by atoms with Gasteiger partial charge in [-0.15, -0.1) is 0 Å². The van der Waals surface area contributed by atoms with E-state index in [9.17, 15) is 22.8 Å². The summed E-state index contributed by atoms with van der Waals surface area (Å²) in [5, 5.41) is 11.8. The molecule has 9 nitrogen and oxygen atoms in total. The Morgan fingerprint density at radius 2 is 1.61 bits per heavy atom. The topological polar surface area (TPSA) is 123 Å². The number of hydrogen-bond donors (Lipinski definition) is 2. The number of benzene rings is 2. The minimum Gasteiger partial charge on any atom is -0.475 e. The number of fused-ring (bicyclic) bond motifs is 1. The Balaban J connectivity index is 0.000000587. The van der Waals surface area contributed by atoms with E-state index in [1.54, 1.807) is 21.3 Å². The van der Waals surface area contributed by atoms with Crippen LogP contribution in [0.4, 0.5) is 13.2 Å². The monoisotopic (exact) mass is 571 g/mol. The molecule has 4 aromatic rings. The van der Waals surface area contributed by atoms with E-state index in [0.29, 0.717) is 55.9 Å². The van der Waals surface area contributed by atoms with Crippen molar-refractivity contribution >= 4 is 17.4 Å². The molecule has 1 amide bonds. The lowest BCUT2D eigenvalue weighted by atomic mass is 10.1. The molecule has 0 saturated heterocycles. The van der Waals surface area contributed by atoms with Gasteiger partial charge in [-0.05, 0) is 56.1 Å². The van der Waals surface area contributed by atoms with Gasteiger partial charge < -0.3 is 15.7 Å². The molecule has 218 valence electrons. The van der Waals surface area contributed by atoms with Crippen LogP contribution in [-0.2, 0) is 17.8 Å². The van der Waals surface area contributed by atoms with Crippen LogP contribution in [0.15, 0.2) is 77.7 Å². The second kappa shape index (κ2) is 14.3. The number of carboxylic acids is 1. The van der Waals surface area contributed by atoms with Gasteiger partial charge in [0, 0.05) is 31.3 Å². The highest BCUT2D eigenvalue weighted by molar-refractivity contribution is 5.94. The first kappa shape index (κ1) is 31.1. The smallest absolute Gasteiger partial charge is 0.475 e. The SMILES string of the molecule is Cc1ccc(C(=O)N(CCCN)CCCc2nn3cccc3c(=O)n2Cc2ccccc2)cc1.O=C(O)C(F)(F)F. The van der Waals surface area contributed by atoms with Gasteiger partial charge in [0.05, 0.1) is 6.54 Å². The number of carbonyl (C=O) groups excluding carboxylic acids is 1. The third-order valence-electron chi connectivity index (χ3n) is 6.20. The summed E-state index contributed by atoms with van der Waals surface area (Å²) in [5.74, 6) is -2.05. The van der Waals surface area contributed by atoms with Crippen LogP contribution in [0.1, 0.15) is 40.2 Å². The fourth-order valence-corrected chi connectivity index (χ4v) is 4.08. The van der Waals surface area contributed by atoms with E-state index in [1.165, 1.54) is 0 Å². The third-order valence-corrected chi connectivity index (χ3v) is 6.20. The predicted molar refractivity (Wildman–Crippen MR) is 148 cm³/mol. The van der Waals surface area contributed by atoms with Gasteiger partial charge in [0.15, 0.2) is 0 Å². The Morgan fingerprint density at radius 1 is 0.976 bits per heavy atom. The zero-order valence-corrected chi connectivity index (χ0v) is 22.6. The molecular formula is C29H32F3N5O4. The van der Waals surface area contributed by atoms with E-state index < -0.39 is 12.1 Å². The molecular weight excluding hydrogens is 539 g/mol. The third kappa shape index (κ3) is 8.77. The Kier molecular flexibility index (Phi) is 10.8. The quantitative estimate of drug-likeness (QED) is 0.298. The summed E-state index contributed by atoms with van der Waals surface area (Å²) in [6.45, 7) is 4.16. The normalized spacial score (nSPS) is 11.1. The summed E-state index contributed by atoms with van der Waals surface area (Å²) in [6, 6.07) is 21.2. The number of aliphatic carboxylic acids is 1. The van der Waals surface area contributed by atoms with Gasteiger partial charge in [-0.2, -0.15) is 18.3 Å². The van der Waals surface area contributed by atoms with E-state index in [2.05, 4.69) is 0 Å². The van der Waals surface area contributed by atoms with Crippen molar-refractivity contribution in [3.05, 3.63) is 106 Å². The summed E-state index contributed by atoms with van der Waals surface area (Å²) in [6.07, 6.45) is -1.28.